The first-order valence-corrected chi connectivity index (χ1v) is 10.1. The van der Waals surface area contributed by atoms with Gasteiger partial charge in [-0.1, -0.05) is 18.2 Å². The molecule has 0 saturated carbocycles. The van der Waals surface area contributed by atoms with Crippen LogP contribution in [0.25, 0.3) is 0 Å². The number of carbonyl (C=O) groups is 2. The summed E-state index contributed by atoms with van der Waals surface area (Å²) in [5, 5.41) is 2.91. The van der Waals surface area contributed by atoms with E-state index in [0.29, 0.717) is 13.1 Å². The molecule has 1 aromatic carbocycles. The number of hydrogen-bond donors (Lipinski definition) is 1. The van der Waals surface area contributed by atoms with Crippen LogP contribution < -0.4 is 10.1 Å². The van der Waals surface area contributed by atoms with Gasteiger partial charge in [0.25, 0.3) is 0 Å². The highest BCUT2D eigenvalue weighted by Crippen LogP contribution is 2.30. The van der Waals surface area contributed by atoms with E-state index < -0.39 is 11.7 Å². The van der Waals surface area contributed by atoms with E-state index in [4.69, 9.17) is 9.47 Å². The normalized spacial score (nSPS) is 19.3. The van der Waals surface area contributed by atoms with Crippen LogP contribution in [0.1, 0.15) is 44.4 Å². The van der Waals surface area contributed by atoms with E-state index in [1.54, 1.807) is 18.2 Å². The quantitative estimate of drug-likeness (QED) is 0.814. The number of aromatic nitrogens is 1. The minimum absolute atomic E-state index is 0.0218. The molecule has 0 spiro atoms. The van der Waals surface area contributed by atoms with Crippen LogP contribution in [0.2, 0.25) is 0 Å². The summed E-state index contributed by atoms with van der Waals surface area (Å²) in [4.78, 5) is 31.4. The number of nitrogens with zero attached hydrogens (tertiary/aromatic N) is 2. The van der Waals surface area contributed by atoms with Gasteiger partial charge in [0.15, 0.2) is 0 Å². The van der Waals surface area contributed by atoms with E-state index in [-0.39, 0.29) is 24.3 Å². The molecule has 0 aliphatic carbocycles. The van der Waals surface area contributed by atoms with Crippen LogP contribution in [0.3, 0.4) is 0 Å². The fourth-order valence-corrected chi connectivity index (χ4v) is 3.57. The van der Waals surface area contributed by atoms with Gasteiger partial charge in [-0.15, -0.1) is 0 Å². The van der Waals surface area contributed by atoms with E-state index in [1.165, 1.54) is 0 Å². The van der Waals surface area contributed by atoms with Gasteiger partial charge in [-0.25, -0.2) is 4.79 Å². The van der Waals surface area contributed by atoms with Crippen LogP contribution in [0.15, 0.2) is 48.7 Å². The van der Waals surface area contributed by atoms with Gasteiger partial charge in [-0.05, 0) is 50.6 Å². The molecule has 3 rings (SSSR count). The van der Waals surface area contributed by atoms with Crippen molar-refractivity contribution in [3.05, 3.63) is 59.9 Å². The third kappa shape index (κ3) is 5.72. The molecule has 2 heterocycles. The summed E-state index contributed by atoms with van der Waals surface area (Å²) in [5.41, 5.74) is 1.25. The zero-order valence-corrected chi connectivity index (χ0v) is 17.9. The van der Waals surface area contributed by atoms with Gasteiger partial charge in [0.1, 0.15) is 11.4 Å². The third-order valence-electron chi connectivity index (χ3n) is 4.98. The lowest BCUT2D eigenvalue weighted by atomic mass is 9.85. The van der Waals surface area contributed by atoms with Gasteiger partial charge in [-0.2, -0.15) is 0 Å². The molecular weight excluding hydrogens is 382 g/mol. The minimum Gasteiger partial charge on any atom is -0.497 e. The molecule has 1 N–H and O–H groups in total. The molecule has 2 aromatic rings. The number of alkyl carbamates (subject to hydrolysis) is 1. The number of rotatable bonds is 5. The standard InChI is InChI=1S/C23H29N3O4/c1-23(2,3)30-22(28)25-20-13-21(27)26(14-17-7-5-6-12-24-17)15-19(20)16-8-10-18(29-4)11-9-16/h5-12,19-20H,13-15H2,1-4H3,(H,25,28). The fourth-order valence-electron chi connectivity index (χ4n) is 3.57. The van der Waals surface area contributed by atoms with E-state index in [0.717, 1.165) is 17.0 Å². The summed E-state index contributed by atoms with van der Waals surface area (Å²) in [6.07, 6.45) is 1.40. The second-order valence-corrected chi connectivity index (χ2v) is 8.43. The van der Waals surface area contributed by atoms with Crippen molar-refractivity contribution in [2.75, 3.05) is 13.7 Å². The van der Waals surface area contributed by atoms with E-state index in [1.807, 2.05) is 63.2 Å². The minimum atomic E-state index is -0.608. The highest BCUT2D eigenvalue weighted by molar-refractivity contribution is 5.79. The lowest BCUT2D eigenvalue weighted by molar-refractivity contribution is -0.135. The van der Waals surface area contributed by atoms with Crippen molar-refractivity contribution < 1.29 is 19.1 Å². The molecule has 1 saturated heterocycles. The van der Waals surface area contributed by atoms with E-state index >= 15 is 0 Å². The first kappa shape index (κ1) is 21.6. The van der Waals surface area contributed by atoms with Crippen molar-refractivity contribution in [1.29, 1.82) is 0 Å². The van der Waals surface area contributed by atoms with Crippen molar-refractivity contribution >= 4 is 12.0 Å². The molecule has 30 heavy (non-hydrogen) atoms. The number of likely N-dealkylation sites (tertiary alicyclic amines) is 1. The molecule has 1 fully saturated rings. The Bertz CT molecular complexity index is 862. The number of pyridine rings is 1. The molecule has 2 atom stereocenters. The number of carbonyl (C=O) groups excluding carboxylic acids is 2. The Morgan fingerprint density at radius 3 is 2.53 bits per heavy atom. The highest BCUT2D eigenvalue weighted by atomic mass is 16.6. The Morgan fingerprint density at radius 1 is 1.20 bits per heavy atom. The second kappa shape index (κ2) is 9.15. The monoisotopic (exact) mass is 411 g/mol. The largest absolute Gasteiger partial charge is 0.497 e. The SMILES string of the molecule is COc1ccc(C2CN(Cc3ccccn3)C(=O)CC2NC(=O)OC(C)(C)C)cc1. The predicted molar refractivity (Wildman–Crippen MR) is 113 cm³/mol. The van der Waals surface area contributed by atoms with Gasteiger partial charge < -0.3 is 19.7 Å². The van der Waals surface area contributed by atoms with Crippen LogP contribution >= 0.6 is 0 Å². The number of amides is 2. The summed E-state index contributed by atoms with van der Waals surface area (Å²) in [6.45, 7) is 6.35. The lowest BCUT2D eigenvalue weighted by Crippen LogP contribution is -2.52. The van der Waals surface area contributed by atoms with Crippen molar-refractivity contribution in [2.45, 2.75) is 51.3 Å². The van der Waals surface area contributed by atoms with Crippen molar-refractivity contribution in [3.63, 3.8) is 0 Å². The summed E-state index contributed by atoms with van der Waals surface area (Å²) >= 11 is 0. The molecule has 7 nitrogen and oxygen atoms in total. The summed E-state index contributed by atoms with van der Waals surface area (Å²) in [7, 11) is 1.62. The number of benzene rings is 1. The van der Waals surface area contributed by atoms with Crippen molar-refractivity contribution in [1.82, 2.24) is 15.2 Å². The molecule has 2 unspecified atom stereocenters. The predicted octanol–water partition coefficient (Wildman–Crippen LogP) is 3.50. The Balaban J connectivity index is 1.81. The van der Waals surface area contributed by atoms with Gasteiger partial charge in [0.2, 0.25) is 5.91 Å². The Morgan fingerprint density at radius 2 is 1.93 bits per heavy atom. The van der Waals surface area contributed by atoms with E-state index in [2.05, 4.69) is 10.3 Å². The molecule has 7 heteroatoms. The zero-order chi connectivity index (χ0) is 21.7. The van der Waals surface area contributed by atoms with Crippen LogP contribution in [-0.2, 0) is 16.1 Å². The molecule has 160 valence electrons. The van der Waals surface area contributed by atoms with Gasteiger partial charge in [0, 0.05) is 31.1 Å². The Labute approximate surface area is 177 Å². The van der Waals surface area contributed by atoms with Gasteiger partial charge in [0.05, 0.1) is 19.3 Å². The fraction of sp³-hybridized carbons (Fsp3) is 0.435. The molecular formula is C23H29N3O4. The smallest absolute Gasteiger partial charge is 0.407 e. The Kier molecular flexibility index (Phi) is 6.59. The first-order valence-electron chi connectivity index (χ1n) is 10.1. The van der Waals surface area contributed by atoms with Gasteiger partial charge >= 0.3 is 6.09 Å². The van der Waals surface area contributed by atoms with Crippen molar-refractivity contribution in [3.8, 4) is 5.75 Å². The number of hydrogen-bond acceptors (Lipinski definition) is 5. The number of piperidine rings is 1. The highest BCUT2D eigenvalue weighted by Gasteiger charge is 2.37. The molecule has 2 amide bonds. The molecule has 1 aliphatic rings. The molecule has 1 aromatic heterocycles. The maximum Gasteiger partial charge on any atom is 0.407 e. The average molecular weight is 412 g/mol. The van der Waals surface area contributed by atoms with Gasteiger partial charge in [-0.3, -0.25) is 9.78 Å². The Hall–Kier alpha value is -3.09. The van der Waals surface area contributed by atoms with E-state index in [9.17, 15) is 9.59 Å². The molecule has 1 aliphatic heterocycles. The molecule has 0 radical (unpaired) electrons. The second-order valence-electron chi connectivity index (χ2n) is 8.43. The lowest BCUT2D eigenvalue weighted by Gasteiger charge is -2.39. The number of methoxy groups -OCH3 is 1. The summed E-state index contributed by atoms with van der Waals surface area (Å²) in [6, 6.07) is 13.0. The number of nitrogens with one attached hydrogen (secondary N) is 1. The zero-order valence-electron chi connectivity index (χ0n) is 17.9. The molecule has 0 bridgehead atoms. The van der Waals surface area contributed by atoms with Crippen LogP contribution in [-0.4, -0.2) is 47.2 Å². The van der Waals surface area contributed by atoms with Crippen molar-refractivity contribution in [2.24, 2.45) is 0 Å². The number of ether oxygens (including phenoxy) is 2. The first-order chi connectivity index (χ1) is 14.2. The average Bonchev–Trinajstić information content (AvgIpc) is 2.69. The summed E-state index contributed by atoms with van der Waals surface area (Å²) in [5.74, 6) is 0.656. The van der Waals surface area contributed by atoms with Crippen LogP contribution in [0, 0.1) is 0 Å². The van der Waals surface area contributed by atoms with Crippen LogP contribution in [0.4, 0.5) is 4.79 Å². The topological polar surface area (TPSA) is 80.8 Å². The maximum absolute atomic E-state index is 12.8. The van der Waals surface area contributed by atoms with Crippen LogP contribution in [0.5, 0.6) is 5.75 Å². The maximum atomic E-state index is 12.8. The third-order valence-corrected chi connectivity index (χ3v) is 4.98. The summed E-state index contributed by atoms with van der Waals surface area (Å²) < 4.78 is 10.7.